The molecular weight excluding hydrogens is 397 g/mol. The van der Waals surface area contributed by atoms with Gasteiger partial charge in [-0.05, 0) is 18.6 Å². The third kappa shape index (κ3) is 4.69. The molecule has 3 heterocycles. The van der Waals surface area contributed by atoms with E-state index in [9.17, 15) is 18.0 Å². The molecule has 7 nitrogen and oxygen atoms in total. The number of nitrogens with one attached hydrogen (secondary N) is 3. The zero-order valence-electron chi connectivity index (χ0n) is 14.6. The fourth-order valence-electron chi connectivity index (χ4n) is 2.57. The van der Waals surface area contributed by atoms with E-state index in [1.54, 1.807) is 19.2 Å². The molecule has 3 aromatic rings. The average molecular weight is 413 g/mol. The monoisotopic (exact) mass is 412 g/mol. The minimum atomic E-state index is -4.47. The summed E-state index contributed by atoms with van der Waals surface area (Å²) in [5.41, 5.74) is 1.27. The summed E-state index contributed by atoms with van der Waals surface area (Å²) in [5, 5.41) is 5.89. The van der Waals surface area contributed by atoms with Gasteiger partial charge in [-0.3, -0.25) is 4.79 Å². The van der Waals surface area contributed by atoms with Crippen molar-refractivity contribution in [1.82, 2.24) is 25.3 Å². The van der Waals surface area contributed by atoms with Crippen LogP contribution in [0.15, 0.2) is 30.7 Å². The van der Waals surface area contributed by atoms with Crippen LogP contribution < -0.4 is 10.6 Å². The predicted octanol–water partition coefficient (Wildman–Crippen LogP) is 3.54. The van der Waals surface area contributed by atoms with Gasteiger partial charge in [-0.1, -0.05) is 18.5 Å². The number of halogens is 4. The Hall–Kier alpha value is -2.88. The van der Waals surface area contributed by atoms with E-state index in [1.807, 2.05) is 5.32 Å². The zero-order valence-corrected chi connectivity index (χ0v) is 15.4. The first-order valence-electron chi connectivity index (χ1n) is 8.34. The van der Waals surface area contributed by atoms with Crippen LogP contribution in [0.4, 0.5) is 19.0 Å². The molecule has 0 unspecified atom stereocenters. The van der Waals surface area contributed by atoms with Gasteiger partial charge < -0.3 is 15.6 Å². The van der Waals surface area contributed by atoms with Gasteiger partial charge in [0.15, 0.2) is 5.82 Å². The number of H-pyrrole nitrogens is 1. The number of amides is 1. The van der Waals surface area contributed by atoms with Crippen molar-refractivity contribution in [2.75, 3.05) is 11.9 Å². The molecule has 28 heavy (non-hydrogen) atoms. The average Bonchev–Trinajstić information content (AvgIpc) is 3.07. The molecule has 1 amide bonds. The van der Waals surface area contributed by atoms with Crippen LogP contribution in [0.2, 0.25) is 5.02 Å². The van der Waals surface area contributed by atoms with E-state index in [4.69, 9.17) is 11.6 Å². The first-order valence-corrected chi connectivity index (χ1v) is 8.71. The van der Waals surface area contributed by atoms with Gasteiger partial charge in [0, 0.05) is 29.5 Å². The Morgan fingerprint density at radius 3 is 2.86 bits per heavy atom. The van der Waals surface area contributed by atoms with Gasteiger partial charge in [0.2, 0.25) is 5.91 Å². The number of hydrogen-bond donors (Lipinski definition) is 3. The summed E-state index contributed by atoms with van der Waals surface area (Å²) in [6, 6.07) is 2.38. The molecule has 0 aliphatic heterocycles. The summed E-state index contributed by atoms with van der Waals surface area (Å²) < 4.78 is 36.9. The number of alkyl halides is 3. The molecule has 1 atom stereocenters. The van der Waals surface area contributed by atoms with Crippen LogP contribution >= 0.6 is 11.6 Å². The molecule has 0 spiro atoms. The summed E-state index contributed by atoms with van der Waals surface area (Å²) >= 11 is 6.00. The lowest BCUT2D eigenvalue weighted by Gasteiger charge is -2.18. The molecule has 0 aliphatic carbocycles. The molecule has 0 fully saturated rings. The van der Waals surface area contributed by atoms with Gasteiger partial charge in [-0.2, -0.15) is 13.2 Å². The van der Waals surface area contributed by atoms with Crippen LogP contribution in [-0.2, 0) is 4.79 Å². The van der Waals surface area contributed by atoms with Crippen molar-refractivity contribution in [3.8, 4) is 11.4 Å². The van der Waals surface area contributed by atoms with Crippen molar-refractivity contribution in [3.63, 3.8) is 0 Å². The fraction of sp³-hybridized carbons (Fsp3) is 0.294. The topological polar surface area (TPSA) is 95.6 Å². The third-order valence-electron chi connectivity index (χ3n) is 3.90. The molecule has 0 radical (unpaired) electrons. The maximum Gasteiger partial charge on any atom is 0.405 e. The van der Waals surface area contributed by atoms with E-state index >= 15 is 0 Å². The van der Waals surface area contributed by atoms with Gasteiger partial charge in [0.1, 0.15) is 24.1 Å². The highest BCUT2D eigenvalue weighted by Crippen LogP contribution is 2.27. The smallest absolute Gasteiger partial charge is 0.358 e. The lowest BCUT2D eigenvalue weighted by molar-refractivity contribution is -0.138. The van der Waals surface area contributed by atoms with Crippen molar-refractivity contribution in [1.29, 1.82) is 0 Å². The Morgan fingerprint density at radius 1 is 1.36 bits per heavy atom. The number of fused-ring (bicyclic) bond motifs is 1. The number of rotatable bonds is 6. The van der Waals surface area contributed by atoms with Crippen LogP contribution in [0.3, 0.4) is 0 Å². The van der Waals surface area contributed by atoms with Crippen molar-refractivity contribution < 1.29 is 18.0 Å². The molecule has 11 heteroatoms. The van der Waals surface area contributed by atoms with Crippen molar-refractivity contribution in [2.24, 2.45) is 0 Å². The first-order chi connectivity index (χ1) is 13.3. The van der Waals surface area contributed by atoms with Gasteiger partial charge >= 0.3 is 6.18 Å². The van der Waals surface area contributed by atoms with E-state index in [-0.39, 0.29) is 6.42 Å². The zero-order chi connectivity index (χ0) is 20.3. The van der Waals surface area contributed by atoms with Crippen molar-refractivity contribution in [2.45, 2.75) is 25.6 Å². The van der Waals surface area contributed by atoms with Gasteiger partial charge in [-0.25, -0.2) is 15.0 Å². The van der Waals surface area contributed by atoms with Crippen molar-refractivity contribution >= 4 is 34.4 Å². The van der Waals surface area contributed by atoms with E-state index < -0.39 is 24.7 Å². The maximum absolute atomic E-state index is 12.3. The first kappa shape index (κ1) is 19.9. The Labute approximate surface area is 162 Å². The van der Waals surface area contributed by atoms with Crippen LogP contribution in [-0.4, -0.2) is 44.6 Å². The Morgan fingerprint density at radius 2 is 2.14 bits per heavy atom. The number of anilines is 1. The number of aromatic amines is 1. The summed E-state index contributed by atoms with van der Waals surface area (Å²) in [4.78, 5) is 27.7. The molecule has 3 N–H and O–H groups in total. The summed E-state index contributed by atoms with van der Waals surface area (Å²) in [6.45, 7) is 0.294. The molecule has 0 aromatic carbocycles. The molecule has 3 aromatic heterocycles. The standard InChI is InChI=1S/C17H16ClF3N6O/c1-2-12(16(28)25-8-17(19,20)21)26-13-3-4-22-15(27-13)11-7-24-14-10(11)5-9(18)6-23-14/h3-7,12H,2,8H2,1H3,(H,23,24)(H,25,28)(H,22,26,27)/t12-/m1/s1. The summed E-state index contributed by atoms with van der Waals surface area (Å²) in [6.07, 6.45) is 0.479. The molecule has 0 saturated carbocycles. The largest absolute Gasteiger partial charge is 0.405 e. The molecule has 0 bridgehead atoms. The Kier molecular flexibility index (Phi) is 5.68. The quantitative estimate of drug-likeness (QED) is 0.575. The third-order valence-corrected chi connectivity index (χ3v) is 4.11. The number of nitrogens with zero attached hydrogens (tertiary/aromatic N) is 3. The van der Waals surface area contributed by atoms with Crippen LogP contribution in [0, 0.1) is 0 Å². The minimum Gasteiger partial charge on any atom is -0.358 e. The molecule has 3 rings (SSSR count). The van der Waals surface area contributed by atoms with Crippen LogP contribution in [0.1, 0.15) is 13.3 Å². The highest BCUT2D eigenvalue weighted by molar-refractivity contribution is 6.31. The number of carbonyl (C=O) groups excluding carboxylic acids is 1. The van der Waals surface area contributed by atoms with Gasteiger partial charge in [0.25, 0.3) is 0 Å². The highest BCUT2D eigenvalue weighted by atomic mass is 35.5. The minimum absolute atomic E-state index is 0.273. The van der Waals surface area contributed by atoms with E-state index in [0.29, 0.717) is 27.9 Å². The lowest BCUT2D eigenvalue weighted by Crippen LogP contribution is -2.43. The Bertz CT molecular complexity index is 990. The van der Waals surface area contributed by atoms with E-state index in [2.05, 4.69) is 25.3 Å². The molecule has 0 aliphatic rings. The highest BCUT2D eigenvalue weighted by Gasteiger charge is 2.29. The second kappa shape index (κ2) is 8.01. The number of hydrogen-bond acceptors (Lipinski definition) is 5. The fourth-order valence-corrected chi connectivity index (χ4v) is 2.73. The summed E-state index contributed by atoms with van der Waals surface area (Å²) in [5.74, 6) is -0.0997. The Balaban J connectivity index is 1.80. The number of carbonyl (C=O) groups is 1. The van der Waals surface area contributed by atoms with Crippen molar-refractivity contribution in [3.05, 3.63) is 35.7 Å². The lowest BCUT2D eigenvalue weighted by atomic mass is 10.2. The van der Waals surface area contributed by atoms with Gasteiger partial charge in [0.05, 0.1) is 5.02 Å². The molecule has 148 valence electrons. The van der Waals surface area contributed by atoms with Crippen LogP contribution in [0.5, 0.6) is 0 Å². The SMILES string of the molecule is CC[C@@H](Nc1ccnc(-c2c[nH]c3ncc(Cl)cc23)n1)C(=O)NCC(F)(F)F. The second-order valence-electron chi connectivity index (χ2n) is 5.96. The molecule has 0 saturated heterocycles. The number of pyridine rings is 1. The van der Waals surface area contributed by atoms with E-state index in [1.165, 1.54) is 18.5 Å². The normalized spacial score (nSPS) is 12.8. The van der Waals surface area contributed by atoms with Crippen LogP contribution in [0.25, 0.3) is 22.4 Å². The number of aromatic nitrogens is 4. The predicted molar refractivity (Wildman–Crippen MR) is 98.9 cm³/mol. The van der Waals surface area contributed by atoms with E-state index in [0.717, 1.165) is 5.39 Å². The van der Waals surface area contributed by atoms with Gasteiger partial charge in [-0.15, -0.1) is 0 Å². The second-order valence-corrected chi connectivity index (χ2v) is 6.39. The molecular formula is C17H16ClF3N6O. The summed E-state index contributed by atoms with van der Waals surface area (Å²) in [7, 11) is 0. The maximum atomic E-state index is 12.3.